The van der Waals surface area contributed by atoms with Crippen LogP contribution in [0.5, 0.6) is 11.5 Å². The van der Waals surface area contributed by atoms with E-state index in [0.29, 0.717) is 6.42 Å². The summed E-state index contributed by atoms with van der Waals surface area (Å²) in [5.74, 6) is 1.69. The number of aryl methyl sites for hydroxylation is 1. The predicted molar refractivity (Wildman–Crippen MR) is 86.5 cm³/mol. The van der Waals surface area contributed by atoms with Crippen LogP contribution in [0, 0.1) is 0 Å². The van der Waals surface area contributed by atoms with Gasteiger partial charge in [0.1, 0.15) is 11.5 Å². The van der Waals surface area contributed by atoms with Crippen LogP contribution in [-0.4, -0.2) is 19.3 Å². The van der Waals surface area contributed by atoms with E-state index in [0.717, 1.165) is 41.9 Å². The lowest BCUT2D eigenvalue weighted by Crippen LogP contribution is -2.33. The van der Waals surface area contributed by atoms with Crippen molar-refractivity contribution in [2.24, 2.45) is 0 Å². The molecule has 0 aromatic heterocycles. The summed E-state index contributed by atoms with van der Waals surface area (Å²) >= 11 is 0. The Morgan fingerprint density at radius 1 is 1.00 bits per heavy atom. The zero-order valence-electron chi connectivity index (χ0n) is 13.1. The third-order valence-corrected chi connectivity index (χ3v) is 4.51. The number of fused-ring (bicyclic) bond motifs is 1. The topological polar surface area (TPSA) is 38.7 Å². The molecule has 2 aromatic carbocycles. The van der Waals surface area contributed by atoms with Gasteiger partial charge in [-0.25, -0.2) is 0 Å². The maximum atomic E-state index is 11.2. The Bertz CT molecular complexity index is 648. The Morgan fingerprint density at radius 3 is 2.36 bits per heavy atom. The van der Waals surface area contributed by atoms with Gasteiger partial charge in [-0.1, -0.05) is 18.2 Å². The van der Waals surface area contributed by atoms with Crippen LogP contribution in [0.15, 0.2) is 42.5 Å². The molecule has 0 unspecified atom stereocenters. The highest BCUT2D eigenvalue weighted by Gasteiger charge is 2.34. The molecule has 0 aliphatic heterocycles. The first-order valence-electron chi connectivity index (χ1n) is 7.67. The minimum atomic E-state index is -0.797. The second kappa shape index (κ2) is 6.01. The molecule has 3 rings (SSSR count). The maximum Gasteiger partial charge on any atom is 0.119 e. The molecule has 1 atom stereocenters. The lowest BCUT2D eigenvalue weighted by molar-refractivity contribution is 0.0190. The third kappa shape index (κ3) is 2.81. The smallest absolute Gasteiger partial charge is 0.119 e. The molecule has 22 heavy (non-hydrogen) atoms. The van der Waals surface area contributed by atoms with Gasteiger partial charge < -0.3 is 14.6 Å². The maximum absolute atomic E-state index is 11.2. The van der Waals surface area contributed by atoms with Crippen molar-refractivity contribution in [2.45, 2.75) is 31.3 Å². The van der Waals surface area contributed by atoms with Gasteiger partial charge in [0.05, 0.1) is 19.8 Å². The first-order chi connectivity index (χ1) is 10.6. The minimum absolute atomic E-state index is 0.621. The quantitative estimate of drug-likeness (QED) is 0.939. The second-order valence-corrected chi connectivity index (χ2v) is 5.93. The SMILES string of the molecule is COc1ccc(C[C@@]2(O)CCCc3cc(OC)ccc32)cc1. The molecular formula is C19H22O3. The molecule has 1 aliphatic rings. The van der Waals surface area contributed by atoms with Gasteiger partial charge in [-0.3, -0.25) is 0 Å². The van der Waals surface area contributed by atoms with Crippen LogP contribution in [0.4, 0.5) is 0 Å². The largest absolute Gasteiger partial charge is 0.497 e. The van der Waals surface area contributed by atoms with Gasteiger partial charge in [0.15, 0.2) is 0 Å². The van der Waals surface area contributed by atoms with Gasteiger partial charge in [0, 0.05) is 6.42 Å². The van der Waals surface area contributed by atoms with Crippen LogP contribution in [0.3, 0.4) is 0 Å². The highest BCUT2D eigenvalue weighted by Crippen LogP contribution is 2.39. The van der Waals surface area contributed by atoms with Crippen molar-refractivity contribution in [2.75, 3.05) is 14.2 Å². The molecule has 0 fully saturated rings. The first-order valence-corrected chi connectivity index (χ1v) is 7.67. The molecule has 116 valence electrons. The zero-order chi connectivity index (χ0) is 15.6. The minimum Gasteiger partial charge on any atom is -0.497 e. The van der Waals surface area contributed by atoms with Crippen molar-refractivity contribution in [1.29, 1.82) is 0 Å². The molecule has 1 aliphatic carbocycles. The van der Waals surface area contributed by atoms with E-state index in [1.807, 2.05) is 42.5 Å². The summed E-state index contributed by atoms with van der Waals surface area (Å²) in [6.45, 7) is 0. The molecule has 0 saturated carbocycles. The van der Waals surface area contributed by atoms with Gasteiger partial charge in [-0.2, -0.15) is 0 Å². The fraction of sp³-hybridized carbons (Fsp3) is 0.368. The molecule has 3 heteroatoms. The van der Waals surface area contributed by atoms with Crippen LogP contribution >= 0.6 is 0 Å². The molecule has 0 spiro atoms. The fourth-order valence-corrected chi connectivity index (χ4v) is 3.33. The number of methoxy groups -OCH3 is 2. The van der Waals surface area contributed by atoms with Crippen LogP contribution in [0.1, 0.15) is 29.5 Å². The molecule has 3 nitrogen and oxygen atoms in total. The number of benzene rings is 2. The van der Waals surface area contributed by atoms with E-state index < -0.39 is 5.60 Å². The van der Waals surface area contributed by atoms with Gasteiger partial charge in [0.2, 0.25) is 0 Å². The molecule has 0 heterocycles. The zero-order valence-corrected chi connectivity index (χ0v) is 13.1. The van der Waals surface area contributed by atoms with Gasteiger partial charge in [-0.15, -0.1) is 0 Å². The standard InChI is InChI=1S/C19H22O3/c1-21-16-7-5-14(6-8-16)13-19(20)11-3-4-15-12-17(22-2)9-10-18(15)19/h5-10,12,20H,3-4,11,13H2,1-2H3/t19-/m0/s1. The molecule has 1 N–H and O–H groups in total. The van der Waals surface area contributed by atoms with Crippen LogP contribution in [0.25, 0.3) is 0 Å². The molecule has 2 aromatic rings. The number of hydrogen-bond acceptors (Lipinski definition) is 3. The lowest BCUT2D eigenvalue weighted by Gasteiger charge is -2.35. The van der Waals surface area contributed by atoms with Gasteiger partial charge in [0.25, 0.3) is 0 Å². The molecule has 0 bridgehead atoms. The number of aliphatic hydroxyl groups is 1. The molecular weight excluding hydrogens is 276 g/mol. The number of hydrogen-bond donors (Lipinski definition) is 1. The van der Waals surface area contributed by atoms with E-state index in [1.165, 1.54) is 5.56 Å². The van der Waals surface area contributed by atoms with Crippen LogP contribution < -0.4 is 9.47 Å². The van der Waals surface area contributed by atoms with E-state index in [4.69, 9.17) is 9.47 Å². The highest BCUT2D eigenvalue weighted by atomic mass is 16.5. The van der Waals surface area contributed by atoms with E-state index in [9.17, 15) is 5.11 Å². The Kier molecular flexibility index (Phi) is 4.08. The van der Waals surface area contributed by atoms with Crippen molar-refractivity contribution in [3.05, 3.63) is 59.2 Å². The van der Waals surface area contributed by atoms with Gasteiger partial charge in [-0.05, 0) is 60.2 Å². The Labute approximate surface area is 131 Å². The average molecular weight is 298 g/mol. The molecule has 0 saturated heterocycles. The second-order valence-electron chi connectivity index (χ2n) is 5.93. The van der Waals surface area contributed by atoms with Crippen molar-refractivity contribution >= 4 is 0 Å². The van der Waals surface area contributed by atoms with Crippen molar-refractivity contribution in [3.63, 3.8) is 0 Å². The molecule has 0 amide bonds. The molecule has 0 radical (unpaired) electrons. The fourth-order valence-electron chi connectivity index (χ4n) is 3.33. The van der Waals surface area contributed by atoms with E-state index in [1.54, 1.807) is 14.2 Å². The Morgan fingerprint density at radius 2 is 1.68 bits per heavy atom. The highest BCUT2D eigenvalue weighted by molar-refractivity contribution is 5.42. The van der Waals surface area contributed by atoms with Crippen molar-refractivity contribution in [3.8, 4) is 11.5 Å². The lowest BCUT2D eigenvalue weighted by atomic mass is 9.76. The Balaban J connectivity index is 1.90. The van der Waals surface area contributed by atoms with E-state index in [2.05, 4.69) is 0 Å². The van der Waals surface area contributed by atoms with Crippen molar-refractivity contribution in [1.82, 2.24) is 0 Å². The summed E-state index contributed by atoms with van der Waals surface area (Å²) in [5.41, 5.74) is 2.55. The van der Waals surface area contributed by atoms with E-state index >= 15 is 0 Å². The summed E-state index contributed by atoms with van der Waals surface area (Å²) in [5, 5.41) is 11.2. The summed E-state index contributed by atoms with van der Waals surface area (Å²) < 4.78 is 10.5. The summed E-state index contributed by atoms with van der Waals surface area (Å²) in [6.07, 6.45) is 3.40. The Hall–Kier alpha value is -2.00. The monoisotopic (exact) mass is 298 g/mol. The normalized spacial score (nSPS) is 20.3. The summed E-state index contributed by atoms with van der Waals surface area (Å²) in [7, 11) is 3.33. The third-order valence-electron chi connectivity index (χ3n) is 4.51. The van der Waals surface area contributed by atoms with Crippen molar-refractivity contribution < 1.29 is 14.6 Å². The number of ether oxygens (including phenoxy) is 2. The average Bonchev–Trinajstić information content (AvgIpc) is 2.55. The summed E-state index contributed by atoms with van der Waals surface area (Å²) in [6, 6.07) is 13.9. The number of rotatable bonds is 4. The van der Waals surface area contributed by atoms with Gasteiger partial charge >= 0.3 is 0 Å². The van der Waals surface area contributed by atoms with Crippen LogP contribution in [0.2, 0.25) is 0 Å². The summed E-state index contributed by atoms with van der Waals surface area (Å²) in [4.78, 5) is 0. The van der Waals surface area contributed by atoms with Crippen LogP contribution in [-0.2, 0) is 18.4 Å². The predicted octanol–water partition coefficient (Wildman–Crippen LogP) is 3.47. The van der Waals surface area contributed by atoms with E-state index in [-0.39, 0.29) is 0 Å². The first kappa shape index (κ1) is 14.9.